The fourth-order valence-corrected chi connectivity index (χ4v) is 3.72. The summed E-state index contributed by atoms with van der Waals surface area (Å²) in [7, 11) is 3.15. The molecule has 0 aliphatic carbocycles. The molecule has 0 bridgehead atoms. The first-order chi connectivity index (χ1) is 13.3. The van der Waals surface area contributed by atoms with E-state index in [1.54, 1.807) is 20.3 Å². The van der Waals surface area contributed by atoms with E-state index in [1.807, 2.05) is 23.1 Å². The van der Waals surface area contributed by atoms with Gasteiger partial charge in [0.05, 0.1) is 25.8 Å². The standard InChI is InChI=1S/C20H21F3N2O2S/c1-26-17-9-8-13(11-18(17)27-2)16-7-4-10-25(16)19(28)24-15-6-3-5-14(12-15)20(21,22)23/h3,5-6,8-9,11-12,16H,4,7,10H2,1-2H3,(H,24,28). The first-order valence-corrected chi connectivity index (χ1v) is 9.21. The first kappa shape index (κ1) is 20.3. The molecule has 0 saturated carbocycles. The Balaban J connectivity index is 1.79. The lowest BCUT2D eigenvalue weighted by molar-refractivity contribution is -0.137. The molecule has 3 rings (SSSR count). The first-order valence-electron chi connectivity index (χ1n) is 8.80. The van der Waals surface area contributed by atoms with Crippen LogP contribution in [-0.4, -0.2) is 30.8 Å². The van der Waals surface area contributed by atoms with Crippen molar-refractivity contribution in [3.8, 4) is 11.5 Å². The number of alkyl halides is 3. The van der Waals surface area contributed by atoms with E-state index in [2.05, 4.69) is 5.32 Å². The van der Waals surface area contributed by atoms with Gasteiger partial charge in [0, 0.05) is 12.2 Å². The van der Waals surface area contributed by atoms with E-state index < -0.39 is 11.7 Å². The van der Waals surface area contributed by atoms with Gasteiger partial charge in [-0.1, -0.05) is 12.1 Å². The maximum atomic E-state index is 12.9. The van der Waals surface area contributed by atoms with Crippen molar-refractivity contribution in [1.82, 2.24) is 4.90 Å². The van der Waals surface area contributed by atoms with Crippen molar-refractivity contribution in [3.63, 3.8) is 0 Å². The zero-order valence-corrected chi connectivity index (χ0v) is 16.4. The minimum Gasteiger partial charge on any atom is -0.493 e. The van der Waals surface area contributed by atoms with Crippen molar-refractivity contribution in [1.29, 1.82) is 0 Å². The van der Waals surface area contributed by atoms with Crippen LogP contribution in [0.4, 0.5) is 18.9 Å². The van der Waals surface area contributed by atoms with Crippen LogP contribution in [0.2, 0.25) is 0 Å². The van der Waals surface area contributed by atoms with Crippen LogP contribution in [0.25, 0.3) is 0 Å². The van der Waals surface area contributed by atoms with Gasteiger partial charge >= 0.3 is 6.18 Å². The zero-order valence-electron chi connectivity index (χ0n) is 15.5. The second-order valence-corrected chi connectivity index (χ2v) is 6.86. The fraction of sp³-hybridized carbons (Fsp3) is 0.350. The van der Waals surface area contributed by atoms with Gasteiger partial charge in [-0.2, -0.15) is 13.2 Å². The maximum Gasteiger partial charge on any atom is 0.416 e. The van der Waals surface area contributed by atoms with Crippen LogP contribution >= 0.6 is 12.2 Å². The summed E-state index contributed by atoms with van der Waals surface area (Å²) >= 11 is 5.50. The molecule has 2 aromatic rings. The highest BCUT2D eigenvalue weighted by Gasteiger charge is 2.31. The molecule has 8 heteroatoms. The number of nitrogens with zero attached hydrogens (tertiary/aromatic N) is 1. The largest absolute Gasteiger partial charge is 0.493 e. The molecule has 150 valence electrons. The van der Waals surface area contributed by atoms with Gasteiger partial charge in [0.1, 0.15) is 0 Å². The minimum absolute atomic E-state index is 0.0191. The molecule has 0 aromatic heterocycles. The van der Waals surface area contributed by atoms with Gasteiger partial charge in [-0.3, -0.25) is 0 Å². The fourth-order valence-electron chi connectivity index (χ4n) is 3.38. The third-order valence-corrected chi connectivity index (χ3v) is 5.08. The van der Waals surface area contributed by atoms with Gasteiger partial charge in [0.15, 0.2) is 16.6 Å². The minimum atomic E-state index is -4.39. The summed E-state index contributed by atoms with van der Waals surface area (Å²) in [6, 6.07) is 10.8. The van der Waals surface area contributed by atoms with Crippen molar-refractivity contribution in [2.45, 2.75) is 25.1 Å². The maximum absolute atomic E-state index is 12.9. The SMILES string of the molecule is COc1ccc(C2CCCN2C(=S)Nc2cccc(C(F)(F)F)c2)cc1OC. The Hall–Kier alpha value is -2.48. The van der Waals surface area contributed by atoms with E-state index in [1.165, 1.54) is 6.07 Å². The lowest BCUT2D eigenvalue weighted by Crippen LogP contribution is -2.34. The molecule has 0 spiro atoms. The van der Waals surface area contributed by atoms with Crippen molar-refractivity contribution in [2.75, 3.05) is 26.1 Å². The van der Waals surface area contributed by atoms with Gasteiger partial charge in [-0.05, 0) is 61.0 Å². The quantitative estimate of drug-likeness (QED) is 0.696. The van der Waals surface area contributed by atoms with Crippen LogP contribution in [0.3, 0.4) is 0 Å². The van der Waals surface area contributed by atoms with Gasteiger partial charge in [0.2, 0.25) is 0 Å². The molecular weight excluding hydrogens is 389 g/mol. The molecule has 1 atom stereocenters. The molecule has 28 heavy (non-hydrogen) atoms. The monoisotopic (exact) mass is 410 g/mol. The van der Waals surface area contributed by atoms with E-state index in [9.17, 15) is 13.2 Å². The Kier molecular flexibility index (Phi) is 5.98. The number of halogens is 3. The third-order valence-electron chi connectivity index (χ3n) is 4.75. The Morgan fingerprint density at radius 1 is 1.11 bits per heavy atom. The van der Waals surface area contributed by atoms with E-state index in [-0.39, 0.29) is 6.04 Å². The summed E-state index contributed by atoms with van der Waals surface area (Å²) in [4.78, 5) is 2.00. The summed E-state index contributed by atoms with van der Waals surface area (Å²) in [6.45, 7) is 0.726. The van der Waals surface area contributed by atoms with Crippen LogP contribution in [0.5, 0.6) is 11.5 Å². The second kappa shape index (κ2) is 8.26. The Labute approximate surface area is 167 Å². The van der Waals surface area contributed by atoms with Gasteiger partial charge in [0.25, 0.3) is 0 Å². The van der Waals surface area contributed by atoms with Crippen LogP contribution < -0.4 is 14.8 Å². The van der Waals surface area contributed by atoms with Crippen molar-refractivity contribution >= 4 is 23.0 Å². The molecule has 1 N–H and O–H groups in total. The molecule has 2 aromatic carbocycles. The number of hydrogen-bond acceptors (Lipinski definition) is 3. The van der Waals surface area contributed by atoms with Crippen molar-refractivity contribution < 1.29 is 22.6 Å². The predicted octanol–water partition coefficient (Wildman–Crippen LogP) is 5.26. The number of likely N-dealkylation sites (tertiary alicyclic amines) is 1. The number of ether oxygens (including phenoxy) is 2. The Bertz CT molecular complexity index is 858. The highest BCUT2D eigenvalue weighted by Crippen LogP contribution is 2.37. The molecule has 1 aliphatic rings. The van der Waals surface area contributed by atoms with Crippen LogP contribution in [-0.2, 0) is 6.18 Å². The molecule has 4 nitrogen and oxygen atoms in total. The number of hydrogen-bond donors (Lipinski definition) is 1. The lowest BCUT2D eigenvalue weighted by Gasteiger charge is -2.28. The third kappa shape index (κ3) is 4.32. The van der Waals surface area contributed by atoms with Crippen LogP contribution in [0.15, 0.2) is 42.5 Å². The molecule has 1 heterocycles. The molecule has 1 aliphatic heterocycles. The van der Waals surface area contributed by atoms with Crippen LogP contribution in [0, 0.1) is 0 Å². The molecular formula is C20H21F3N2O2S. The number of methoxy groups -OCH3 is 2. The lowest BCUT2D eigenvalue weighted by atomic mass is 10.0. The highest BCUT2D eigenvalue weighted by molar-refractivity contribution is 7.80. The summed E-state index contributed by atoms with van der Waals surface area (Å²) in [5.41, 5.74) is 0.624. The second-order valence-electron chi connectivity index (χ2n) is 6.47. The molecule has 1 fully saturated rings. The topological polar surface area (TPSA) is 33.7 Å². The number of anilines is 1. The molecule has 1 unspecified atom stereocenters. The Morgan fingerprint density at radius 3 is 2.54 bits per heavy atom. The van der Waals surface area contributed by atoms with Gasteiger partial charge in [-0.25, -0.2) is 0 Å². The molecule has 0 amide bonds. The van der Waals surface area contributed by atoms with E-state index in [0.717, 1.165) is 37.1 Å². The number of benzene rings is 2. The van der Waals surface area contributed by atoms with E-state index >= 15 is 0 Å². The zero-order chi connectivity index (χ0) is 20.3. The summed E-state index contributed by atoms with van der Waals surface area (Å²) in [6.07, 6.45) is -2.57. The van der Waals surface area contributed by atoms with Crippen molar-refractivity contribution in [3.05, 3.63) is 53.6 Å². The highest BCUT2D eigenvalue weighted by atomic mass is 32.1. The molecule has 1 saturated heterocycles. The van der Waals surface area contributed by atoms with E-state index in [0.29, 0.717) is 22.3 Å². The van der Waals surface area contributed by atoms with E-state index in [4.69, 9.17) is 21.7 Å². The van der Waals surface area contributed by atoms with Crippen molar-refractivity contribution in [2.24, 2.45) is 0 Å². The number of thiocarbonyl (C=S) groups is 1. The summed E-state index contributed by atoms with van der Waals surface area (Å²) in [5.74, 6) is 1.27. The van der Waals surface area contributed by atoms with Gasteiger partial charge < -0.3 is 19.7 Å². The summed E-state index contributed by atoms with van der Waals surface area (Å²) < 4.78 is 49.4. The smallest absolute Gasteiger partial charge is 0.416 e. The average molecular weight is 410 g/mol. The average Bonchev–Trinajstić information content (AvgIpc) is 3.17. The summed E-state index contributed by atoms with van der Waals surface area (Å²) in [5, 5.41) is 3.35. The van der Waals surface area contributed by atoms with Gasteiger partial charge in [-0.15, -0.1) is 0 Å². The predicted molar refractivity (Wildman–Crippen MR) is 106 cm³/mol. The Morgan fingerprint density at radius 2 is 1.86 bits per heavy atom. The number of rotatable bonds is 4. The molecule has 0 radical (unpaired) electrons. The normalized spacial score (nSPS) is 16.8. The van der Waals surface area contributed by atoms with Crippen LogP contribution in [0.1, 0.15) is 30.0 Å². The number of nitrogens with one attached hydrogen (secondary N) is 1.